The van der Waals surface area contributed by atoms with Gasteiger partial charge in [0.15, 0.2) is 46.4 Å². The molecule has 0 saturated carbocycles. The topological polar surface area (TPSA) is 294 Å². The molecule has 0 amide bonds. The molecule has 290 valence electrons. The Morgan fingerprint density at radius 2 is 1.59 bits per heavy atom. The number of hydrogen-bond donors (Lipinski definition) is 9. The number of phenolic OH excluding ortho intramolecular Hbond substituents is 4. The zero-order valence-electron chi connectivity index (χ0n) is 28.4. The van der Waals surface area contributed by atoms with Gasteiger partial charge < -0.3 is 83.5 Å². The van der Waals surface area contributed by atoms with Crippen molar-refractivity contribution in [2.24, 2.45) is 0 Å². The first-order chi connectivity index (χ1) is 25.7. The maximum absolute atomic E-state index is 12.9. The number of aromatic hydroxyl groups is 4. The number of carbonyl (C=O) groups excluding carboxylic acids is 1. The molecule has 3 heterocycles. The van der Waals surface area contributed by atoms with Crippen LogP contribution in [-0.2, 0) is 18.9 Å². The van der Waals surface area contributed by atoms with Gasteiger partial charge in [0.25, 0.3) is 0 Å². The molecule has 2 aliphatic heterocycles. The fourth-order valence-electron chi connectivity index (χ4n) is 5.90. The van der Waals surface area contributed by atoms with E-state index in [4.69, 9.17) is 37.6 Å². The second kappa shape index (κ2) is 15.2. The van der Waals surface area contributed by atoms with Crippen molar-refractivity contribution in [3.63, 3.8) is 0 Å². The summed E-state index contributed by atoms with van der Waals surface area (Å²) in [6.07, 6.45) is -12.2. The van der Waals surface area contributed by atoms with Gasteiger partial charge in [0.2, 0.25) is 12.0 Å². The monoisotopic (exact) mass is 760 g/mol. The van der Waals surface area contributed by atoms with Gasteiger partial charge in [-0.15, -0.1) is 0 Å². The summed E-state index contributed by atoms with van der Waals surface area (Å²) in [5.74, 6) is -3.34. The van der Waals surface area contributed by atoms with Crippen LogP contribution in [0.2, 0.25) is 0 Å². The predicted molar refractivity (Wildman–Crippen MR) is 178 cm³/mol. The van der Waals surface area contributed by atoms with E-state index in [-0.39, 0.29) is 50.9 Å². The molecule has 8 atom stereocenters. The van der Waals surface area contributed by atoms with E-state index in [1.165, 1.54) is 32.4 Å². The number of aliphatic hydroxyl groups excluding tert-OH is 4. The van der Waals surface area contributed by atoms with Crippen molar-refractivity contribution >= 4 is 16.9 Å². The number of benzene rings is 3. The number of rotatable bonds is 11. The summed E-state index contributed by atoms with van der Waals surface area (Å²) in [5, 5.41) is 93.9. The van der Waals surface area contributed by atoms with Gasteiger partial charge >= 0.3 is 5.97 Å². The molecule has 0 bridgehead atoms. The lowest BCUT2D eigenvalue weighted by molar-refractivity contribution is -0.318. The summed E-state index contributed by atoms with van der Waals surface area (Å²) >= 11 is 0. The first kappa shape index (κ1) is 38.3. The van der Waals surface area contributed by atoms with Crippen molar-refractivity contribution in [3.05, 3.63) is 64.3 Å². The third-order valence-electron chi connectivity index (χ3n) is 8.89. The van der Waals surface area contributed by atoms with E-state index in [2.05, 4.69) is 0 Å². The molecule has 2 saturated heterocycles. The number of methoxy groups -OCH3 is 2. The number of phenols is 4. The number of carbonyl (C=O) groups is 1. The zero-order valence-corrected chi connectivity index (χ0v) is 28.4. The minimum absolute atomic E-state index is 0.0542. The van der Waals surface area contributed by atoms with Crippen LogP contribution in [0.4, 0.5) is 0 Å². The predicted octanol–water partition coefficient (Wildman–Crippen LogP) is -0.192. The highest BCUT2D eigenvalue weighted by Gasteiger charge is 2.54. The molecule has 9 N–H and O–H groups in total. The van der Waals surface area contributed by atoms with Gasteiger partial charge in [-0.25, -0.2) is 4.79 Å². The molecule has 19 nitrogen and oxygen atoms in total. The van der Waals surface area contributed by atoms with Crippen molar-refractivity contribution in [1.29, 1.82) is 0 Å². The SMILES string of the molecule is COc1cc(C(=O)OCC2(O)COC(OC3C(Oc4cc(O)c5c(=O)cc(-c6ccc(O)c(O)c6)oc5c4)OC(CO)C(O)C3O)C2O)cc(OC)c1O. The molecule has 19 heteroatoms. The van der Waals surface area contributed by atoms with Crippen molar-refractivity contribution in [2.45, 2.75) is 48.7 Å². The first-order valence-electron chi connectivity index (χ1n) is 16.1. The van der Waals surface area contributed by atoms with Gasteiger partial charge in [-0.3, -0.25) is 4.79 Å². The van der Waals surface area contributed by atoms with Crippen LogP contribution >= 0.6 is 0 Å². The molecule has 0 spiro atoms. The fourth-order valence-corrected chi connectivity index (χ4v) is 5.90. The second-order valence-electron chi connectivity index (χ2n) is 12.5. The Labute approximate surface area is 303 Å². The number of esters is 1. The summed E-state index contributed by atoms with van der Waals surface area (Å²) in [7, 11) is 2.50. The van der Waals surface area contributed by atoms with E-state index in [9.17, 15) is 55.5 Å². The quantitative estimate of drug-likeness (QED) is 0.0707. The molecule has 3 aromatic carbocycles. The van der Waals surface area contributed by atoms with Crippen LogP contribution < -0.4 is 19.6 Å². The van der Waals surface area contributed by atoms with Crippen molar-refractivity contribution in [3.8, 4) is 51.6 Å². The van der Waals surface area contributed by atoms with Crippen LogP contribution in [0.3, 0.4) is 0 Å². The van der Waals surface area contributed by atoms with E-state index >= 15 is 0 Å². The highest BCUT2D eigenvalue weighted by Crippen LogP contribution is 2.39. The maximum Gasteiger partial charge on any atom is 0.338 e. The smallest absolute Gasteiger partial charge is 0.338 e. The Morgan fingerprint density at radius 3 is 2.24 bits per heavy atom. The van der Waals surface area contributed by atoms with Gasteiger partial charge in [-0.05, 0) is 30.3 Å². The summed E-state index contributed by atoms with van der Waals surface area (Å²) in [5.41, 5.74) is -3.07. The largest absolute Gasteiger partial charge is 0.507 e. The molecular formula is C35H36O19. The van der Waals surface area contributed by atoms with Crippen molar-refractivity contribution in [1.82, 2.24) is 0 Å². The lowest BCUT2D eigenvalue weighted by Gasteiger charge is -2.42. The highest BCUT2D eigenvalue weighted by molar-refractivity contribution is 5.91. The Bertz CT molecular complexity index is 2060. The molecule has 6 rings (SSSR count). The molecule has 54 heavy (non-hydrogen) atoms. The average molecular weight is 761 g/mol. The van der Waals surface area contributed by atoms with Gasteiger partial charge in [0.1, 0.15) is 59.3 Å². The Hall–Kier alpha value is -5.38. The van der Waals surface area contributed by atoms with Crippen molar-refractivity contribution < 1.29 is 88.3 Å². The van der Waals surface area contributed by atoms with Gasteiger partial charge in [0.05, 0.1) is 33.0 Å². The van der Waals surface area contributed by atoms with E-state index in [1.807, 2.05) is 0 Å². The van der Waals surface area contributed by atoms with Crippen LogP contribution in [-0.4, -0.2) is 135 Å². The molecule has 2 aliphatic rings. The molecule has 1 aromatic heterocycles. The van der Waals surface area contributed by atoms with E-state index < -0.39 is 97.2 Å². The third-order valence-corrected chi connectivity index (χ3v) is 8.89. The summed E-state index contributed by atoms with van der Waals surface area (Å²) in [6, 6.07) is 9.28. The Morgan fingerprint density at radius 1 is 0.889 bits per heavy atom. The van der Waals surface area contributed by atoms with Crippen LogP contribution in [0.25, 0.3) is 22.3 Å². The molecule has 4 aromatic rings. The number of ether oxygens (including phenoxy) is 7. The summed E-state index contributed by atoms with van der Waals surface area (Å²) < 4.78 is 43.8. The lowest BCUT2D eigenvalue weighted by atomic mass is 9.98. The Kier molecular flexibility index (Phi) is 10.8. The van der Waals surface area contributed by atoms with Crippen molar-refractivity contribution in [2.75, 3.05) is 34.0 Å². The highest BCUT2D eigenvalue weighted by atomic mass is 16.8. The van der Waals surface area contributed by atoms with Crippen LogP contribution in [0.5, 0.6) is 40.2 Å². The normalized spacial score (nSPS) is 26.8. The Balaban J connectivity index is 1.21. The van der Waals surface area contributed by atoms with Crippen LogP contribution in [0, 0.1) is 0 Å². The summed E-state index contributed by atoms with van der Waals surface area (Å²) in [6.45, 7) is -2.27. The van der Waals surface area contributed by atoms with Gasteiger partial charge in [0, 0.05) is 23.8 Å². The number of hydrogen-bond acceptors (Lipinski definition) is 19. The van der Waals surface area contributed by atoms with Crippen LogP contribution in [0.1, 0.15) is 10.4 Å². The van der Waals surface area contributed by atoms with Gasteiger partial charge in [-0.2, -0.15) is 0 Å². The second-order valence-corrected chi connectivity index (χ2v) is 12.5. The first-order valence-corrected chi connectivity index (χ1v) is 16.1. The maximum atomic E-state index is 12.9. The molecule has 2 fully saturated rings. The van der Waals surface area contributed by atoms with E-state index in [0.717, 1.165) is 30.3 Å². The standard InChI is InChI=1S/C35H36O19/c1-47-23-6-15(7-24(48-2)27(23)41)32(45)49-12-35(46)13-50-34(31(35)44)54-30-29(43)28(42)25(11-36)53-33(30)51-16-8-19(39)26-20(40)10-21(52-22(26)9-16)14-3-4-17(37)18(38)5-14/h3-10,25,28-31,33-34,36-39,41-44,46H,11-13H2,1-2H3. The fraction of sp³-hybridized carbons (Fsp3) is 0.371. The number of fused-ring (bicyclic) bond motifs is 1. The summed E-state index contributed by atoms with van der Waals surface area (Å²) in [4.78, 5) is 25.8. The minimum atomic E-state index is -2.26. The van der Waals surface area contributed by atoms with E-state index in [1.54, 1.807) is 0 Å². The molecule has 0 aliphatic carbocycles. The van der Waals surface area contributed by atoms with Gasteiger partial charge in [-0.1, -0.05) is 0 Å². The average Bonchev–Trinajstić information content (AvgIpc) is 3.43. The molecule has 0 radical (unpaired) electrons. The van der Waals surface area contributed by atoms with E-state index in [0.29, 0.717) is 0 Å². The molecule has 8 unspecified atom stereocenters. The minimum Gasteiger partial charge on any atom is -0.507 e. The van der Waals surface area contributed by atoms with Crippen LogP contribution in [0.15, 0.2) is 57.7 Å². The zero-order chi connectivity index (χ0) is 39.1. The molecular weight excluding hydrogens is 724 g/mol. The lowest BCUT2D eigenvalue weighted by Crippen LogP contribution is -2.62. The third kappa shape index (κ3) is 7.26. The number of aliphatic hydroxyl groups is 5.